The van der Waals surface area contributed by atoms with Crippen molar-refractivity contribution in [2.45, 2.75) is 164 Å². The SMILES string of the molecule is CC[C@H](C)[C@H](NC(=O)[C@H](CC(N)=O)NC(=O)[C@H](CO)NC(=O)[C@H](CCCN=C(N)N)NC(=O)[C@H](CCC(N)=O)NC(=O)[C@H](CCC(N)=O)NC(=O)[C@H](CCCN=C(N)N)NC(=O)[C@H](CO)NC(=O)[C@H](CC(=O)O)NC(=O)[C@@H](N)CCCCN)C(=O)O. The van der Waals surface area contributed by atoms with E-state index in [2.05, 4.69) is 57.8 Å². The van der Waals surface area contributed by atoms with Gasteiger partial charge in [-0.3, -0.25) is 72.3 Å². The second-order valence-corrected chi connectivity index (χ2v) is 19.6. The van der Waals surface area contributed by atoms with Crippen molar-refractivity contribution < 1.29 is 87.5 Å². The molecule has 0 aromatic heterocycles. The second kappa shape index (κ2) is 41.1. The summed E-state index contributed by atoms with van der Waals surface area (Å²) >= 11 is 0. The van der Waals surface area contributed by atoms with Gasteiger partial charge in [0.1, 0.15) is 54.4 Å². The van der Waals surface area contributed by atoms with Crippen LogP contribution in [-0.2, 0) is 67.1 Å². The third-order valence-electron chi connectivity index (χ3n) is 12.5. The number of unbranched alkanes of at least 4 members (excludes halogenated alkanes) is 1. The summed E-state index contributed by atoms with van der Waals surface area (Å²) in [7, 11) is 0. The summed E-state index contributed by atoms with van der Waals surface area (Å²) in [4.78, 5) is 190. The lowest BCUT2D eigenvalue weighted by Crippen LogP contribution is -2.61. The summed E-state index contributed by atoms with van der Waals surface area (Å²) < 4.78 is 0. The number of carboxylic acids is 2. The lowest BCUT2D eigenvalue weighted by Gasteiger charge is -2.28. The van der Waals surface area contributed by atoms with E-state index in [0.29, 0.717) is 19.4 Å². The Morgan fingerprint density at radius 2 is 0.756 bits per heavy atom. The molecule has 486 valence electrons. The average molecular weight is 1230 g/mol. The number of rotatable bonds is 45. The Balaban J connectivity index is 7.05. The van der Waals surface area contributed by atoms with Crippen molar-refractivity contribution in [3.63, 3.8) is 0 Å². The molecule has 0 aliphatic rings. The highest BCUT2D eigenvalue weighted by Gasteiger charge is 2.37. The van der Waals surface area contributed by atoms with Crippen LogP contribution in [0.1, 0.15) is 104 Å². The second-order valence-electron chi connectivity index (χ2n) is 19.6. The fourth-order valence-electron chi connectivity index (χ4n) is 7.60. The summed E-state index contributed by atoms with van der Waals surface area (Å²) in [5, 5.41) is 59.7. The van der Waals surface area contributed by atoms with E-state index in [4.69, 9.17) is 51.6 Å². The van der Waals surface area contributed by atoms with Gasteiger partial charge in [-0.2, -0.15) is 0 Å². The van der Waals surface area contributed by atoms with Crippen LogP contribution in [0.25, 0.3) is 0 Å². The van der Waals surface area contributed by atoms with E-state index in [9.17, 15) is 87.5 Å². The Hall–Kier alpha value is -9.04. The van der Waals surface area contributed by atoms with Crippen molar-refractivity contribution in [2.24, 2.45) is 67.5 Å². The molecule has 38 heteroatoms. The van der Waals surface area contributed by atoms with Gasteiger partial charge in [0, 0.05) is 25.9 Å². The van der Waals surface area contributed by atoms with Gasteiger partial charge < -0.3 is 120 Å². The topological polar surface area (TPSA) is 687 Å². The van der Waals surface area contributed by atoms with E-state index in [-0.39, 0.29) is 63.5 Å². The maximum absolute atomic E-state index is 14.2. The van der Waals surface area contributed by atoms with Crippen molar-refractivity contribution in [3.05, 3.63) is 0 Å². The number of aliphatic carboxylic acids is 2. The van der Waals surface area contributed by atoms with Crippen LogP contribution in [0, 0.1) is 5.92 Å². The standard InChI is InChI=1S/C48H86N20O18/c1-3-22(2)36(46(85)86)68-43(82)28(18-34(53)73)65-45(84)31(21-70)66-39(78)25(10-7-17-59-48(56)57)60-40(79)26(11-13-32(51)71)63-41(80)27(12-14-33(52)72)62-38(77)24(9-6-16-58-47(54)55)61-44(83)30(20-69)67-42(81)29(19-35(74)75)64-37(76)23(50)8-4-5-15-49/h22-31,36,69-70H,3-21,49-50H2,1-2H3,(H2,51,71)(H2,52,72)(H2,53,73)(H,60,79)(H,61,83)(H,62,77)(H,63,80)(H,64,76)(H,65,84)(H,66,78)(H,67,81)(H,68,82)(H,74,75)(H,85,86)(H4,54,55,58)(H4,56,57,59)/t22-,23-,24-,25-,26-,27-,28-,29-,30-,31-,36-/m0/s1. The highest BCUT2D eigenvalue weighted by Crippen LogP contribution is 2.11. The normalized spacial score (nSPS) is 14.7. The molecular weight excluding hydrogens is 1140 g/mol. The Morgan fingerprint density at radius 1 is 0.419 bits per heavy atom. The molecule has 0 bridgehead atoms. The van der Waals surface area contributed by atoms with Crippen LogP contribution < -0.4 is 99.5 Å². The van der Waals surface area contributed by atoms with Gasteiger partial charge in [0.05, 0.1) is 32.1 Å². The third kappa shape index (κ3) is 31.6. The molecule has 0 heterocycles. The smallest absolute Gasteiger partial charge is 0.326 e. The van der Waals surface area contributed by atoms with E-state index in [1.54, 1.807) is 6.92 Å². The minimum Gasteiger partial charge on any atom is -0.481 e. The first-order chi connectivity index (χ1) is 40.3. The molecule has 11 atom stereocenters. The molecule has 12 amide bonds. The van der Waals surface area contributed by atoms with Crippen LogP contribution >= 0.6 is 0 Å². The minimum atomic E-state index is -1.95. The van der Waals surface area contributed by atoms with Gasteiger partial charge in [0.15, 0.2) is 11.9 Å². The molecular formula is C48H86N20O18. The molecule has 0 aromatic carbocycles. The summed E-state index contributed by atoms with van der Waals surface area (Å²) in [6.45, 7) is 0.793. The van der Waals surface area contributed by atoms with Crippen molar-refractivity contribution >= 4 is 94.7 Å². The highest BCUT2D eigenvalue weighted by atomic mass is 16.4. The summed E-state index contributed by atoms with van der Waals surface area (Å²) in [6.07, 6.45) is -3.85. The number of aliphatic hydroxyl groups excluding tert-OH is 2. The van der Waals surface area contributed by atoms with Gasteiger partial charge in [-0.25, -0.2) is 4.79 Å². The fourth-order valence-corrected chi connectivity index (χ4v) is 7.60. The number of hydrogen-bond acceptors (Lipinski definition) is 20. The summed E-state index contributed by atoms with van der Waals surface area (Å²) in [6, 6.07) is -17.3. The number of carbonyl (C=O) groups is 14. The number of aliphatic imine (C=N–C) groups is 2. The molecule has 31 N–H and O–H groups in total. The largest absolute Gasteiger partial charge is 0.481 e. The minimum absolute atomic E-state index is 0.0803. The fraction of sp³-hybridized carbons (Fsp3) is 0.667. The molecule has 0 radical (unpaired) electrons. The number of nitrogens with two attached hydrogens (primary N) is 9. The first-order valence-electron chi connectivity index (χ1n) is 27.1. The summed E-state index contributed by atoms with van der Waals surface area (Å²) in [5.74, 6) is -18.3. The molecule has 0 saturated carbocycles. The van der Waals surface area contributed by atoms with Crippen LogP contribution in [0.15, 0.2) is 9.98 Å². The summed E-state index contributed by atoms with van der Waals surface area (Å²) in [5.41, 5.74) is 49.1. The van der Waals surface area contributed by atoms with Gasteiger partial charge in [-0.1, -0.05) is 26.7 Å². The number of primary amides is 3. The number of hydrogen-bond donors (Lipinski definition) is 22. The maximum Gasteiger partial charge on any atom is 0.326 e. The van der Waals surface area contributed by atoms with Gasteiger partial charge in [0.25, 0.3) is 0 Å². The van der Waals surface area contributed by atoms with Crippen LogP contribution in [0.2, 0.25) is 0 Å². The number of amides is 12. The van der Waals surface area contributed by atoms with Crippen LogP contribution in [0.5, 0.6) is 0 Å². The number of nitrogens with zero attached hydrogens (tertiary/aromatic N) is 2. The van der Waals surface area contributed by atoms with Gasteiger partial charge in [0.2, 0.25) is 70.9 Å². The predicted molar refractivity (Wildman–Crippen MR) is 302 cm³/mol. The molecule has 0 spiro atoms. The molecule has 0 fully saturated rings. The van der Waals surface area contributed by atoms with Crippen molar-refractivity contribution in [1.29, 1.82) is 0 Å². The average Bonchev–Trinajstić information content (AvgIpc) is 3.60. The van der Waals surface area contributed by atoms with E-state index in [0.717, 1.165) is 0 Å². The van der Waals surface area contributed by atoms with E-state index in [1.165, 1.54) is 6.92 Å². The van der Waals surface area contributed by atoms with Crippen molar-refractivity contribution in [3.8, 4) is 0 Å². The molecule has 0 aliphatic carbocycles. The van der Waals surface area contributed by atoms with Crippen molar-refractivity contribution in [1.82, 2.24) is 47.9 Å². The lowest BCUT2D eigenvalue weighted by atomic mass is 9.98. The molecule has 0 unspecified atom stereocenters. The number of guanidine groups is 2. The molecule has 0 aromatic rings. The molecule has 0 saturated heterocycles. The van der Waals surface area contributed by atoms with Crippen LogP contribution in [0.3, 0.4) is 0 Å². The van der Waals surface area contributed by atoms with Gasteiger partial charge in [-0.15, -0.1) is 0 Å². The Labute approximate surface area is 493 Å². The third-order valence-corrected chi connectivity index (χ3v) is 12.5. The number of carbonyl (C=O) groups excluding carboxylic acids is 12. The van der Waals surface area contributed by atoms with Crippen molar-refractivity contribution in [2.75, 3.05) is 32.8 Å². The highest BCUT2D eigenvalue weighted by molar-refractivity contribution is 6.00. The predicted octanol–water partition coefficient (Wildman–Crippen LogP) is -11.1. The van der Waals surface area contributed by atoms with E-state index in [1.807, 2.05) is 0 Å². The quantitative estimate of drug-likeness (QED) is 0.0153. The molecule has 0 aliphatic heterocycles. The number of aliphatic hydroxyl groups is 2. The zero-order chi connectivity index (χ0) is 65.8. The number of nitrogens with one attached hydrogen (secondary N) is 9. The molecule has 38 nitrogen and oxygen atoms in total. The Bertz CT molecular complexity index is 2410. The van der Waals surface area contributed by atoms with Crippen LogP contribution in [0.4, 0.5) is 0 Å². The zero-order valence-electron chi connectivity index (χ0n) is 47.9. The Morgan fingerprint density at radius 3 is 1.09 bits per heavy atom. The van der Waals surface area contributed by atoms with Gasteiger partial charge in [-0.05, 0) is 63.8 Å². The maximum atomic E-state index is 14.2. The molecule has 0 rings (SSSR count). The number of carboxylic acid groups (broad SMARTS) is 2. The monoisotopic (exact) mass is 1230 g/mol. The first kappa shape index (κ1) is 77.0. The van der Waals surface area contributed by atoms with E-state index >= 15 is 0 Å². The van der Waals surface area contributed by atoms with Gasteiger partial charge >= 0.3 is 11.9 Å². The van der Waals surface area contributed by atoms with Crippen LogP contribution in [-0.4, -0.2) is 208 Å². The molecule has 86 heavy (non-hydrogen) atoms. The Kier molecular flexibility index (Phi) is 36.7. The first-order valence-corrected chi connectivity index (χ1v) is 27.1. The van der Waals surface area contributed by atoms with E-state index < -0.39 is 201 Å². The zero-order valence-corrected chi connectivity index (χ0v) is 47.9. The lowest BCUT2D eigenvalue weighted by molar-refractivity contribution is -0.144.